The fraction of sp³-hybridized carbons (Fsp3) is 0.304. The minimum Gasteiger partial charge on any atom is -0.496 e. The van der Waals surface area contributed by atoms with Crippen molar-refractivity contribution in [1.82, 2.24) is 10.2 Å². The number of ether oxygens (including phenoxy) is 1. The number of para-hydroxylation sites is 1. The van der Waals surface area contributed by atoms with Crippen LogP contribution in [0.3, 0.4) is 0 Å². The number of aromatic nitrogens is 2. The third-order valence-corrected chi connectivity index (χ3v) is 6.51. The van der Waals surface area contributed by atoms with Gasteiger partial charge in [-0.3, -0.25) is 9.59 Å². The molecule has 2 aromatic carbocycles. The summed E-state index contributed by atoms with van der Waals surface area (Å²) in [5.41, 5.74) is 4.07. The number of carbonyl (C=O) groups is 2. The van der Waals surface area contributed by atoms with Gasteiger partial charge in [0.15, 0.2) is 0 Å². The topological polar surface area (TPSA) is 84.4 Å². The van der Waals surface area contributed by atoms with E-state index in [-0.39, 0.29) is 24.2 Å². The molecule has 3 aromatic rings. The van der Waals surface area contributed by atoms with Gasteiger partial charge in [0.25, 0.3) is 0 Å². The number of aryl methyl sites for hydroxylation is 2. The summed E-state index contributed by atoms with van der Waals surface area (Å²) in [6.07, 6.45) is 0.568. The van der Waals surface area contributed by atoms with E-state index in [1.165, 1.54) is 16.9 Å². The van der Waals surface area contributed by atoms with Crippen molar-refractivity contribution in [3.05, 3.63) is 64.2 Å². The van der Waals surface area contributed by atoms with Crippen LogP contribution >= 0.6 is 11.3 Å². The van der Waals surface area contributed by atoms with E-state index in [0.29, 0.717) is 23.8 Å². The molecule has 1 fully saturated rings. The molecule has 160 valence electrons. The van der Waals surface area contributed by atoms with Gasteiger partial charge in [0.1, 0.15) is 10.8 Å². The number of nitrogens with one attached hydrogen (secondary N) is 1. The Bertz CT molecular complexity index is 1130. The van der Waals surface area contributed by atoms with Gasteiger partial charge in [0.05, 0.1) is 13.5 Å². The number of hydrogen-bond donors (Lipinski definition) is 1. The van der Waals surface area contributed by atoms with Crippen molar-refractivity contribution in [2.45, 2.75) is 32.6 Å². The van der Waals surface area contributed by atoms with Crippen molar-refractivity contribution in [2.75, 3.05) is 23.9 Å². The minimum absolute atomic E-state index is 0.0357. The largest absolute Gasteiger partial charge is 0.496 e. The highest BCUT2D eigenvalue weighted by Gasteiger charge is 2.34. The zero-order valence-corrected chi connectivity index (χ0v) is 18.5. The molecule has 2 amide bonds. The van der Waals surface area contributed by atoms with Crippen molar-refractivity contribution >= 4 is 34.0 Å². The number of rotatable bonds is 6. The molecule has 1 aromatic heterocycles. The average Bonchev–Trinajstić information content (AvgIpc) is 3.37. The second kappa shape index (κ2) is 8.85. The van der Waals surface area contributed by atoms with Crippen LogP contribution in [-0.4, -0.2) is 35.7 Å². The first-order valence-corrected chi connectivity index (χ1v) is 10.9. The maximum atomic E-state index is 12.6. The maximum Gasteiger partial charge on any atom is 0.230 e. The normalized spacial score (nSPS) is 15.9. The molecule has 0 spiro atoms. The SMILES string of the molecule is COc1ccccc1CC(=O)Nc1nnc(C2CC(=O)N(c3ccc(C)c(C)c3)C2)s1. The highest BCUT2D eigenvalue weighted by atomic mass is 32.1. The Hall–Kier alpha value is -3.26. The van der Waals surface area contributed by atoms with E-state index in [2.05, 4.69) is 22.4 Å². The molecule has 1 atom stereocenters. The molecule has 2 heterocycles. The fourth-order valence-electron chi connectivity index (χ4n) is 3.65. The molecule has 1 N–H and O–H groups in total. The molecular weight excluding hydrogens is 412 g/mol. The van der Waals surface area contributed by atoms with Crippen LogP contribution in [0.4, 0.5) is 10.8 Å². The van der Waals surface area contributed by atoms with Gasteiger partial charge in [-0.15, -0.1) is 10.2 Å². The smallest absolute Gasteiger partial charge is 0.230 e. The van der Waals surface area contributed by atoms with E-state index < -0.39 is 0 Å². The quantitative estimate of drug-likeness (QED) is 0.634. The van der Waals surface area contributed by atoms with Crippen molar-refractivity contribution in [1.29, 1.82) is 0 Å². The molecular formula is C23H24N4O3S. The third-order valence-electron chi connectivity index (χ3n) is 5.51. The van der Waals surface area contributed by atoms with Crippen molar-refractivity contribution in [3.8, 4) is 5.75 Å². The maximum absolute atomic E-state index is 12.6. The summed E-state index contributed by atoms with van der Waals surface area (Å²) in [6.45, 7) is 4.66. The molecule has 8 heteroatoms. The number of benzene rings is 2. The Morgan fingerprint density at radius 3 is 2.77 bits per heavy atom. The zero-order chi connectivity index (χ0) is 22.0. The highest BCUT2D eigenvalue weighted by Crippen LogP contribution is 2.34. The monoisotopic (exact) mass is 436 g/mol. The molecule has 1 aliphatic heterocycles. The summed E-state index contributed by atoms with van der Waals surface area (Å²) in [4.78, 5) is 26.8. The first kappa shape index (κ1) is 21.0. The molecule has 0 bridgehead atoms. The predicted molar refractivity (Wildman–Crippen MR) is 121 cm³/mol. The minimum atomic E-state index is -0.188. The van der Waals surface area contributed by atoms with Crippen LogP contribution in [0.15, 0.2) is 42.5 Å². The molecule has 31 heavy (non-hydrogen) atoms. The number of amides is 2. The number of methoxy groups -OCH3 is 1. The number of carbonyl (C=O) groups excluding carboxylic acids is 2. The molecule has 4 rings (SSSR count). The Morgan fingerprint density at radius 1 is 1.19 bits per heavy atom. The van der Waals surface area contributed by atoms with Crippen LogP contribution < -0.4 is 15.0 Å². The lowest BCUT2D eigenvalue weighted by atomic mass is 10.1. The van der Waals surface area contributed by atoms with Gasteiger partial charge < -0.3 is 15.0 Å². The molecule has 7 nitrogen and oxygen atoms in total. The molecule has 0 aliphatic carbocycles. The van der Waals surface area contributed by atoms with E-state index in [1.54, 1.807) is 12.0 Å². The van der Waals surface area contributed by atoms with Crippen LogP contribution in [0.2, 0.25) is 0 Å². The highest BCUT2D eigenvalue weighted by molar-refractivity contribution is 7.15. The van der Waals surface area contributed by atoms with Crippen LogP contribution in [-0.2, 0) is 16.0 Å². The van der Waals surface area contributed by atoms with Gasteiger partial charge in [-0.2, -0.15) is 0 Å². The van der Waals surface area contributed by atoms with Crippen molar-refractivity contribution in [3.63, 3.8) is 0 Å². The molecule has 0 saturated carbocycles. The van der Waals surface area contributed by atoms with E-state index >= 15 is 0 Å². The Labute approximate surface area is 185 Å². The van der Waals surface area contributed by atoms with E-state index in [9.17, 15) is 9.59 Å². The molecule has 1 aliphatic rings. The van der Waals surface area contributed by atoms with E-state index in [0.717, 1.165) is 21.8 Å². The lowest BCUT2D eigenvalue weighted by molar-refractivity contribution is -0.117. The Balaban J connectivity index is 1.41. The first-order chi connectivity index (χ1) is 14.9. The van der Waals surface area contributed by atoms with E-state index in [4.69, 9.17) is 4.74 Å². The van der Waals surface area contributed by atoms with Gasteiger partial charge in [-0.1, -0.05) is 35.6 Å². The number of nitrogens with zero attached hydrogens (tertiary/aromatic N) is 3. The molecule has 0 radical (unpaired) electrons. The second-order valence-corrected chi connectivity index (χ2v) is 8.67. The third kappa shape index (κ3) is 4.59. The van der Waals surface area contributed by atoms with Gasteiger partial charge in [-0.25, -0.2) is 0 Å². The van der Waals surface area contributed by atoms with Crippen molar-refractivity contribution in [2.24, 2.45) is 0 Å². The zero-order valence-electron chi connectivity index (χ0n) is 17.7. The summed E-state index contributed by atoms with van der Waals surface area (Å²) in [5, 5.41) is 12.3. The lowest BCUT2D eigenvalue weighted by Gasteiger charge is -2.17. The standard InChI is InChI=1S/C23H24N4O3S/c1-14-8-9-18(10-15(14)2)27-13-17(12-21(27)29)22-25-26-23(31-22)24-20(28)11-16-6-4-5-7-19(16)30-3/h4-10,17H,11-13H2,1-3H3,(H,24,26,28). The Kier molecular flexibility index (Phi) is 5.99. The summed E-state index contributed by atoms with van der Waals surface area (Å²) in [7, 11) is 1.58. The van der Waals surface area contributed by atoms with Gasteiger partial charge in [-0.05, 0) is 43.2 Å². The van der Waals surface area contributed by atoms with Crippen LogP contribution in [0.1, 0.15) is 34.0 Å². The summed E-state index contributed by atoms with van der Waals surface area (Å²) in [5.74, 6) is 0.523. The second-order valence-electron chi connectivity index (χ2n) is 7.66. The summed E-state index contributed by atoms with van der Waals surface area (Å²) < 4.78 is 5.30. The lowest BCUT2D eigenvalue weighted by Crippen LogP contribution is -2.24. The van der Waals surface area contributed by atoms with E-state index in [1.807, 2.05) is 49.4 Å². The van der Waals surface area contributed by atoms with Crippen LogP contribution in [0.5, 0.6) is 5.75 Å². The average molecular weight is 437 g/mol. The summed E-state index contributed by atoms with van der Waals surface area (Å²) in [6, 6.07) is 13.5. The van der Waals surface area contributed by atoms with Crippen LogP contribution in [0.25, 0.3) is 0 Å². The predicted octanol–water partition coefficient (Wildman–Crippen LogP) is 3.87. The Morgan fingerprint density at radius 2 is 2.00 bits per heavy atom. The number of anilines is 2. The van der Waals surface area contributed by atoms with Gasteiger partial charge in [0, 0.05) is 30.1 Å². The van der Waals surface area contributed by atoms with Gasteiger partial charge >= 0.3 is 0 Å². The molecule has 1 saturated heterocycles. The number of hydrogen-bond acceptors (Lipinski definition) is 6. The van der Waals surface area contributed by atoms with Gasteiger partial charge in [0.2, 0.25) is 16.9 Å². The van der Waals surface area contributed by atoms with Crippen molar-refractivity contribution < 1.29 is 14.3 Å². The first-order valence-electron chi connectivity index (χ1n) is 10.1. The van der Waals surface area contributed by atoms with Crippen LogP contribution in [0, 0.1) is 13.8 Å². The molecule has 1 unspecified atom stereocenters. The summed E-state index contributed by atoms with van der Waals surface area (Å²) >= 11 is 1.32. The fourth-order valence-corrected chi connectivity index (χ4v) is 4.50.